The van der Waals surface area contributed by atoms with Crippen molar-refractivity contribution >= 4 is 5.97 Å². The average molecular weight is 349 g/mol. The Bertz CT molecular complexity index is 528. The highest BCUT2D eigenvalue weighted by Crippen LogP contribution is 2.25. The lowest BCUT2D eigenvalue weighted by molar-refractivity contribution is -0.192. The van der Waals surface area contributed by atoms with Crippen molar-refractivity contribution in [2.45, 2.75) is 44.4 Å². The molecular formula is C15H22F3N3O3. The maximum atomic E-state index is 10.6. The summed E-state index contributed by atoms with van der Waals surface area (Å²) in [5.74, 6) is -1.94. The number of alkyl halides is 3. The third kappa shape index (κ3) is 5.48. The van der Waals surface area contributed by atoms with E-state index in [1.54, 1.807) is 0 Å². The number of nitrogens with zero attached hydrogens (tertiary/aromatic N) is 2. The summed E-state index contributed by atoms with van der Waals surface area (Å²) in [6.45, 7) is 3.68. The molecule has 2 aliphatic rings. The summed E-state index contributed by atoms with van der Waals surface area (Å²) in [6.07, 6.45) is 4.30. The second-order valence-corrected chi connectivity index (χ2v) is 6.07. The normalized spacial score (nSPS) is 21.0. The number of rotatable bonds is 4. The zero-order valence-electron chi connectivity index (χ0n) is 13.3. The molecule has 1 fully saturated rings. The molecule has 0 radical (unpaired) electrons. The summed E-state index contributed by atoms with van der Waals surface area (Å²) in [5, 5.41) is 10.5. The van der Waals surface area contributed by atoms with Crippen LogP contribution in [-0.4, -0.2) is 46.6 Å². The Kier molecular flexibility index (Phi) is 6.61. The van der Waals surface area contributed by atoms with Gasteiger partial charge in [0.25, 0.3) is 0 Å². The predicted octanol–water partition coefficient (Wildman–Crippen LogP) is 2.37. The van der Waals surface area contributed by atoms with Crippen molar-refractivity contribution < 1.29 is 27.8 Å². The minimum absolute atomic E-state index is 0.419. The standard InChI is InChI=1S/C13H21N3O.C2HF3O2/c1-2-4-11(3-1)8-17-9-13-7-14-5-12-6-15-10-16(12)13;3-2(4,5)1(6)7/h6,10-11,13-14H,1-5,7-9H2;(H,6,7). The van der Waals surface area contributed by atoms with Crippen LogP contribution in [0.15, 0.2) is 12.5 Å². The first-order valence-corrected chi connectivity index (χ1v) is 7.97. The molecule has 0 amide bonds. The van der Waals surface area contributed by atoms with Crippen molar-refractivity contribution in [3.8, 4) is 0 Å². The van der Waals surface area contributed by atoms with Gasteiger partial charge in [-0.3, -0.25) is 0 Å². The fraction of sp³-hybridized carbons (Fsp3) is 0.733. The third-order valence-corrected chi connectivity index (χ3v) is 4.21. The largest absolute Gasteiger partial charge is 0.490 e. The van der Waals surface area contributed by atoms with Gasteiger partial charge in [-0.05, 0) is 18.8 Å². The maximum Gasteiger partial charge on any atom is 0.490 e. The summed E-state index contributed by atoms with van der Waals surface area (Å²) in [4.78, 5) is 13.1. The van der Waals surface area contributed by atoms with Crippen LogP contribution in [0.1, 0.15) is 37.4 Å². The Hall–Kier alpha value is -1.61. The van der Waals surface area contributed by atoms with Gasteiger partial charge in [-0.15, -0.1) is 0 Å². The molecule has 0 bridgehead atoms. The number of carbonyl (C=O) groups is 1. The Morgan fingerprint density at radius 2 is 2.04 bits per heavy atom. The number of carboxylic acids is 1. The molecule has 1 aromatic heterocycles. The molecule has 0 aromatic carbocycles. The van der Waals surface area contributed by atoms with Crippen molar-refractivity contribution in [3.63, 3.8) is 0 Å². The molecule has 6 nitrogen and oxygen atoms in total. The summed E-state index contributed by atoms with van der Waals surface area (Å²) in [6, 6.07) is 0.419. The fourth-order valence-electron chi connectivity index (χ4n) is 2.95. The number of aromatic nitrogens is 2. The average Bonchev–Trinajstić information content (AvgIpc) is 3.18. The van der Waals surface area contributed by atoms with Crippen LogP contribution in [0.3, 0.4) is 0 Å². The highest BCUT2D eigenvalue weighted by molar-refractivity contribution is 5.73. The second kappa shape index (κ2) is 8.48. The van der Waals surface area contributed by atoms with Gasteiger partial charge in [0.2, 0.25) is 0 Å². The zero-order chi connectivity index (χ0) is 17.6. The van der Waals surface area contributed by atoms with Crippen molar-refractivity contribution in [1.82, 2.24) is 14.9 Å². The van der Waals surface area contributed by atoms with Crippen LogP contribution < -0.4 is 5.32 Å². The first kappa shape index (κ1) is 18.7. The highest BCUT2D eigenvalue weighted by Gasteiger charge is 2.38. The molecule has 1 aliphatic heterocycles. The van der Waals surface area contributed by atoms with Crippen LogP contribution in [0.25, 0.3) is 0 Å². The van der Waals surface area contributed by atoms with Crippen molar-refractivity contribution in [1.29, 1.82) is 0 Å². The van der Waals surface area contributed by atoms with E-state index >= 15 is 0 Å². The smallest absolute Gasteiger partial charge is 0.475 e. The van der Waals surface area contributed by atoms with Gasteiger partial charge in [-0.25, -0.2) is 9.78 Å². The molecule has 1 aromatic rings. The Morgan fingerprint density at radius 3 is 2.67 bits per heavy atom. The van der Waals surface area contributed by atoms with Gasteiger partial charge in [-0.1, -0.05) is 12.8 Å². The SMILES string of the molecule is O=C(O)C(F)(F)F.c1ncn2c1CNCC2COCC1CCCC1. The van der Waals surface area contributed by atoms with E-state index in [1.807, 2.05) is 12.5 Å². The predicted molar refractivity (Wildman–Crippen MR) is 79.4 cm³/mol. The fourth-order valence-corrected chi connectivity index (χ4v) is 2.95. The van der Waals surface area contributed by atoms with E-state index in [1.165, 1.54) is 31.4 Å². The second-order valence-electron chi connectivity index (χ2n) is 6.07. The number of nitrogens with one attached hydrogen (secondary N) is 1. The van der Waals surface area contributed by atoms with Gasteiger partial charge in [-0.2, -0.15) is 13.2 Å². The Morgan fingerprint density at radius 1 is 1.38 bits per heavy atom. The Labute approximate surface area is 138 Å². The molecule has 0 spiro atoms. The first-order valence-electron chi connectivity index (χ1n) is 7.97. The Balaban J connectivity index is 0.000000256. The van der Waals surface area contributed by atoms with Crippen molar-refractivity contribution in [2.24, 2.45) is 5.92 Å². The number of carboxylic acid groups (broad SMARTS) is 1. The van der Waals surface area contributed by atoms with E-state index in [-0.39, 0.29) is 0 Å². The number of ether oxygens (including phenoxy) is 1. The lowest BCUT2D eigenvalue weighted by Gasteiger charge is -2.26. The topological polar surface area (TPSA) is 76.4 Å². The lowest BCUT2D eigenvalue weighted by atomic mass is 10.1. The zero-order valence-corrected chi connectivity index (χ0v) is 13.3. The summed E-state index contributed by atoms with van der Waals surface area (Å²) in [5.41, 5.74) is 1.27. The molecule has 24 heavy (non-hydrogen) atoms. The molecular weight excluding hydrogens is 327 g/mol. The summed E-state index contributed by atoms with van der Waals surface area (Å²) >= 11 is 0. The van der Waals surface area contributed by atoms with Crippen LogP contribution in [0.5, 0.6) is 0 Å². The van der Waals surface area contributed by atoms with Crippen molar-refractivity contribution in [2.75, 3.05) is 19.8 Å². The van der Waals surface area contributed by atoms with Crippen LogP contribution in [0, 0.1) is 5.92 Å². The van der Waals surface area contributed by atoms with E-state index < -0.39 is 12.1 Å². The number of halogens is 3. The van der Waals surface area contributed by atoms with E-state index in [0.29, 0.717) is 6.04 Å². The molecule has 1 aliphatic carbocycles. The number of imidazole rings is 1. The van der Waals surface area contributed by atoms with Gasteiger partial charge in [0, 0.05) is 25.9 Å². The van der Waals surface area contributed by atoms with E-state index in [0.717, 1.165) is 32.2 Å². The number of aliphatic carboxylic acids is 1. The maximum absolute atomic E-state index is 10.6. The van der Waals surface area contributed by atoms with E-state index in [2.05, 4.69) is 14.9 Å². The van der Waals surface area contributed by atoms with Gasteiger partial charge >= 0.3 is 12.1 Å². The van der Waals surface area contributed by atoms with Gasteiger partial charge < -0.3 is 19.7 Å². The molecule has 2 N–H and O–H groups in total. The molecule has 1 atom stereocenters. The van der Waals surface area contributed by atoms with Crippen LogP contribution in [0.2, 0.25) is 0 Å². The molecule has 9 heteroatoms. The quantitative estimate of drug-likeness (QED) is 0.873. The highest BCUT2D eigenvalue weighted by atomic mass is 19.4. The first-order chi connectivity index (χ1) is 11.4. The molecule has 0 saturated heterocycles. The molecule has 3 rings (SSSR count). The minimum atomic E-state index is -5.08. The van der Waals surface area contributed by atoms with Gasteiger partial charge in [0.15, 0.2) is 0 Å². The molecule has 136 valence electrons. The third-order valence-electron chi connectivity index (χ3n) is 4.21. The molecule has 1 unspecified atom stereocenters. The van der Waals surface area contributed by atoms with Crippen LogP contribution in [-0.2, 0) is 16.1 Å². The summed E-state index contributed by atoms with van der Waals surface area (Å²) in [7, 11) is 0. The van der Waals surface area contributed by atoms with Crippen LogP contribution >= 0.6 is 0 Å². The lowest BCUT2D eigenvalue weighted by Crippen LogP contribution is -2.35. The number of hydrogen-bond donors (Lipinski definition) is 2. The van der Waals surface area contributed by atoms with Gasteiger partial charge in [0.1, 0.15) is 0 Å². The van der Waals surface area contributed by atoms with E-state index in [9.17, 15) is 13.2 Å². The number of hydrogen-bond acceptors (Lipinski definition) is 4. The summed E-state index contributed by atoms with van der Waals surface area (Å²) < 4.78 is 39.9. The van der Waals surface area contributed by atoms with Crippen LogP contribution in [0.4, 0.5) is 13.2 Å². The minimum Gasteiger partial charge on any atom is -0.475 e. The molecule has 2 heterocycles. The molecule has 1 saturated carbocycles. The number of fused-ring (bicyclic) bond motifs is 1. The monoisotopic (exact) mass is 349 g/mol. The van der Waals surface area contributed by atoms with Crippen molar-refractivity contribution in [3.05, 3.63) is 18.2 Å². The van der Waals surface area contributed by atoms with E-state index in [4.69, 9.17) is 14.6 Å². The van der Waals surface area contributed by atoms with Gasteiger partial charge in [0.05, 0.1) is 24.7 Å².